The van der Waals surface area contributed by atoms with Gasteiger partial charge in [0.15, 0.2) is 23.3 Å². The molecule has 0 aromatic heterocycles. The van der Waals surface area contributed by atoms with Crippen molar-refractivity contribution in [1.29, 1.82) is 0 Å². The molecule has 11 heteroatoms. The van der Waals surface area contributed by atoms with Crippen LogP contribution in [0, 0.1) is 50.3 Å². The Hall–Kier alpha value is -0.996. The highest BCUT2D eigenvalue weighted by molar-refractivity contribution is 14.1. The van der Waals surface area contributed by atoms with E-state index < -0.39 is 39.4 Å². The first-order valence-electron chi connectivity index (χ1n) is 9.34. The van der Waals surface area contributed by atoms with E-state index in [1.165, 1.54) is 12.1 Å². The molecule has 2 rings (SSSR count). The fourth-order valence-corrected chi connectivity index (χ4v) is 3.84. The van der Waals surface area contributed by atoms with Gasteiger partial charge in [-0.05, 0) is 66.6 Å². The van der Waals surface area contributed by atoms with Crippen molar-refractivity contribution in [2.24, 2.45) is 0 Å². The van der Waals surface area contributed by atoms with Gasteiger partial charge in [0.05, 0.1) is 25.9 Å². The molecule has 0 atom stereocenters. The van der Waals surface area contributed by atoms with Gasteiger partial charge in [0, 0.05) is 3.57 Å². The van der Waals surface area contributed by atoms with Crippen molar-refractivity contribution in [3.8, 4) is 23.4 Å². The van der Waals surface area contributed by atoms with Crippen molar-refractivity contribution < 1.29 is 17.6 Å². The van der Waals surface area contributed by atoms with Crippen LogP contribution in [0.25, 0.3) is 0 Å². The molecule has 4 N–H and O–H groups in total. The third kappa shape index (κ3) is 11.3. The van der Waals surface area contributed by atoms with Crippen LogP contribution in [-0.4, -0.2) is 16.1 Å². The fraction of sp³-hybridized carbons (Fsp3) is 0.273. The normalized spacial score (nSPS) is 10.5. The van der Waals surface area contributed by atoms with Gasteiger partial charge in [0.1, 0.15) is 16.1 Å². The summed E-state index contributed by atoms with van der Waals surface area (Å²) in [5.74, 6) is -1.15. The molecule has 2 aromatic carbocycles. The zero-order valence-corrected chi connectivity index (χ0v) is 26.4. The largest absolute Gasteiger partial charge is 0.395 e. The number of terminal acetylenes is 1. The van der Waals surface area contributed by atoms with Crippen molar-refractivity contribution in [1.82, 2.24) is 0 Å². The van der Waals surface area contributed by atoms with Crippen LogP contribution in [0.4, 0.5) is 28.9 Å². The molecule has 0 aliphatic carbocycles. The number of hydrogen-bond donors (Lipinski definition) is 2. The molecule has 0 bridgehead atoms. The first-order chi connectivity index (χ1) is 14.8. The van der Waals surface area contributed by atoms with Gasteiger partial charge in [-0.1, -0.05) is 45.2 Å². The quantitative estimate of drug-likeness (QED) is 0.0549. The lowest BCUT2D eigenvalue weighted by atomic mass is 10.2. The minimum Gasteiger partial charge on any atom is -0.395 e. The molecule has 0 saturated heterocycles. The van der Waals surface area contributed by atoms with Crippen molar-refractivity contribution in [2.75, 3.05) is 11.5 Å². The second-order valence-electron chi connectivity index (χ2n) is 8.72. The summed E-state index contributed by atoms with van der Waals surface area (Å²) in [6.45, 7) is 12.6. The van der Waals surface area contributed by atoms with Crippen LogP contribution < -0.4 is 11.5 Å². The highest BCUT2D eigenvalue weighted by Gasteiger charge is 2.15. The molecular weight excluding hydrogens is 711 g/mol. The van der Waals surface area contributed by atoms with Gasteiger partial charge in [-0.2, -0.15) is 0 Å². The van der Waals surface area contributed by atoms with Crippen molar-refractivity contribution in [3.63, 3.8) is 0 Å². The van der Waals surface area contributed by atoms with Crippen molar-refractivity contribution in [3.05, 3.63) is 53.5 Å². The molecule has 180 valence electrons. The molecule has 0 saturated carbocycles. The second kappa shape index (κ2) is 13.2. The molecule has 0 spiro atoms. The van der Waals surface area contributed by atoms with Gasteiger partial charge < -0.3 is 11.5 Å². The molecule has 33 heavy (non-hydrogen) atoms. The lowest BCUT2D eigenvalue weighted by Gasteiger charge is -2.06. The third-order valence-electron chi connectivity index (χ3n) is 3.35. The Balaban J connectivity index is 0.000000520. The summed E-state index contributed by atoms with van der Waals surface area (Å²) in [5.41, 5.74) is 16.4. The van der Waals surface area contributed by atoms with Gasteiger partial charge in [-0.25, -0.2) is 17.6 Å². The van der Waals surface area contributed by atoms with E-state index in [0.29, 0.717) is 9.13 Å². The second-order valence-corrected chi connectivity index (χ2v) is 21.1. The van der Waals surface area contributed by atoms with E-state index in [-0.39, 0.29) is 20.3 Å². The number of halogens is 7. The molecule has 2 nitrogen and oxygen atoms in total. The smallest absolute Gasteiger partial charge is 0.184 e. The summed E-state index contributed by atoms with van der Waals surface area (Å²) in [6, 6.07) is 2.83. The Morgan fingerprint density at radius 1 is 0.788 bits per heavy atom. The first-order valence-corrected chi connectivity index (χ1v) is 19.0. The molecule has 2 aromatic rings. The Kier molecular flexibility index (Phi) is 12.8. The summed E-state index contributed by atoms with van der Waals surface area (Å²) in [6.07, 6.45) is 5.12. The van der Waals surface area contributed by atoms with Crippen LogP contribution >= 0.6 is 54.5 Å². The monoisotopic (exact) mass is 734 g/mol. The SMILES string of the molecule is C#C[Si](C)(C)C.C[Si](C)(C)C#Cc1cc(Br)c(F)c(F)c1N.Nc1c(I)cc(Br)c(F)c1F. The van der Waals surface area contributed by atoms with Crippen LogP contribution in [0.2, 0.25) is 39.3 Å². The number of benzene rings is 2. The number of nitrogen functional groups attached to an aromatic ring is 2. The number of anilines is 2. The Labute approximate surface area is 225 Å². The molecule has 0 heterocycles. The zero-order chi connectivity index (χ0) is 26.3. The fourth-order valence-electron chi connectivity index (χ4n) is 1.55. The van der Waals surface area contributed by atoms with E-state index in [1.807, 2.05) is 22.6 Å². The number of hydrogen-bond acceptors (Lipinski definition) is 2. The topological polar surface area (TPSA) is 52.0 Å². The molecule has 0 radical (unpaired) electrons. The highest BCUT2D eigenvalue weighted by atomic mass is 127. The van der Waals surface area contributed by atoms with Crippen molar-refractivity contribution in [2.45, 2.75) is 39.3 Å². The number of rotatable bonds is 0. The highest BCUT2D eigenvalue weighted by Crippen LogP contribution is 2.27. The van der Waals surface area contributed by atoms with Gasteiger partial charge in [-0.3, -0.25) is 0 Å². The lowest BCUT2D eigenvalue weighted by Crippen LogP contribution is -2.16. The number of nitrogens with two attached hydrogens (primary N) is 2. The minimum atomic E-state index is -1.56. The van der Waals surface area contributed by atoms with E-state index in [0.717, 1.165) is 0 Å². The standard InChI is InChI=1S/C11H12BrF2NSi.C6H3BrF2IN.C5H10Si/c1-16(2,3)5-4-7-6-8(12)9(13)10(14)11(7)15;7-2-1-3(10)6(11)5(9)4(2)8;1-5-6(2,3)4/h6H,15H2,1-3H3;1H,11H2;1H,2-4H3. The molecular formula is C22H25Br2F4IN2Si2. The van der Waals surface area contributed by atoms with E-state index in [1.54, 1.807) is 0 Å². The van der Waals surface area contributed by atoms with Crippen LogP contribution in [-0.2, 0) is 0 Å². The average molecular weight is 736 g/mol. The predicted octanol–water partition coefficient (Wildman–Crippen LogP) is 7.95. The van der Waals surface area contributed by atoms with E-state index in [2.05, 4.69) is 88.1 Å². The molecule has 0 unspecified atom stereocenters. The van der Waals surface area contributed by atoms with Crippen molar-refractivity contribution >= 4 is 82.0 Å². The van der Waals surface area contributed by atoms with Gasteiger partial charge in [-0.15, -0.1) is 17.5 Å². The predicted molar refractivity (Wildman–Crippen MR) is 152 cm³/mol. The maximum atomic E-state index is 13.3. The van der Waals surface area contributed by atoms with Crippen LogP contribution in [0.5, 0.6) is 0 Å². The maximum absolute atomic E-state index is 13.3. The summed E-state index contributed by atoms with van der Waals surface area (Å²) in [4.78, 5) is 0. The van der Waals surface area contributed by atoms with Crippen LogP contribution in [0.1, 0.15) is 5.56 Å². The van der Waals surface area contributed by atoms with E-state index >= 15 is 0 Å². The van der Waals surface area contributed by atoms with Gasteiger partial charge in [0.25, 0.3) is 0 Å². The van der Waals surface area contributed by atoms with Crippen LogP contribution in [0.15, 0.2) is 21.1 Å². The van der Waals surface area contributed by atoms with Gasteiger partial charge >= 0.3 is 0 Å². The van der Waals surface area contributed by atoms with E-state index in [4.69, 9.17) is 17.9 Å². The Morgan fingerprint density at radius 2 is 1.18 bits per heavy atom. The summed E-state index contributed by atoms with van der Waals surface area (Å²) < 4.78 is 52.4. The maximum Gasteiger partial charge on any atom is 0.184 e. The van der Waals surface area contributed by atoms with Gasteiger partial charge in [0.2, 0.25) is 0 Å². The third-order valence-corrected chi connectivity index (χ3v) is 7.14. The first kappa shape index (κ1) is 32.0. The lowest BCUT2D eigenvalue weighted by molar-refractivity contribution is 0.507. The minimum absolute atomic E-state index is 0.0408. The molecule has 0 fully saturated rings. The summed E-state index contributed by atoms with van der Waals surface area (Å²) in [5, 5.41) is 0. The Bertz CT molecular complexity index is 1090. The van der Waals surface area contributed by atoms with E-state index in [9.17, 15) is 17.6 Å². The average Bonchev–Trinajstić information content (AvgIpc) is 2.70. The molecule has 0 aliphatic rings. The van der Waals surface area contributed by atoms with Crippen LogP contribution in [0.3, 0.4) is 0 Å². The summed E-state index contributed by atoms with van der Waals surface area (Å²) in [7, 11) is -2.66. The summed E-state index contributed by atoms with van der Waals surface area (Å²) >= 11 is 7.61. The Morgan fingerprint density at radius 3 is 1.58 bits per heavy atom. The zero-order valence-electron chi connectivity index (χ0n) is 19.0. The molecule has 0 amide bonds. The molecule has 0 aliphatic heterocycles.